The van der Waals surface area contributed by atoms with E-state index in [9.17, 15) is 17.6 Å². The average molecular weight is 547 g/mol. The van der Waals surface area contributed by atoms with E-state index < -0.39 is 22.5 Å². The van der Waals surface area contributed by atoms with E-state index in [1.165, 1.54) is 42.7 Å². The van der Waals surface area contributed by atoms with Gasteiger partial charge in [0.2, 0.25) is 15.9 Å². The predicted octanol–water partition coefficient (Wildman–Crippen LogP) is 5.86. The highest BCUT2D eigenvalue weighted by atomic mass is 35.5. The van der Waals surface area contributed by atoms with Gasteiger partial charge in [0.1, 0.15) is 11.6 Å². The summed E-state index contributed by atoms with van der Waals surface area (Å²) >= 11 is 7.50. The van der Waals surface area contributed by atoms with Crippen molar-refractivity contribution in [3.63, 3.8) is 0 Å². The van der Waals surface area contributed by atoms with Crippen molar-refractivity contribution in [2.45, 2.75) is 31.5 Å². The van der Waals surface area contributed by atoms with Crippen LogP contribution in [0.3, 0.4) is 0 Å². The molecule has 4 rings (SSSR count). The molecule has 4 aromatic rings. The normalized spacial score (nSPS) is 11.7. The molecule has 0 fully saturated rings. The molecule has 0 unspecified atom stereocenters. The Morgan fingerprint density at radius 2 is 1.69 bits per heavy atom. The average Bonchev–Trinajstić information content (AvgIpc) is 3.51. The molecule has 0 aliphatic heterocycles. The molecule has 6 nitrogen and oxygen atoms in total. The Hall–Kier alpha value is -2.98. The van der Waals surface area contributed by atoms with Gasteiger partial charge in [-0.05, 0) is 73.2 Å². The molecule has 0 aliphatic carbocycles. The lowest BCUT2D eigenvalue weighted by Crippen LogP contribution is -2.42. The van der Waals surface area contributed by atoms with Gasteiger partial charge in [-0.15, -0.1) is 11.3 Å². The molecule has 0 bridgehead atoms. The van der Waals surface area contributed by atoms with Crippen molar-refractivity contribution in [3.05, 3.63) is 111 Å². The summed E-state index contributed by atoms with van der Waals surface area (Å²) in [5.74, 6) is -0.363. The molecule has 10 heteroatoms. The second-order valence-electron chi connectivity index (χ2n) is 8.20. The molecular formula is C26H24ClFN2O4S2. The first kappa shape index (κ1) is 26.1. The summed E-state index contributed by atoms with van der Waals surface area (Å²) in [5, 5.41) is 0.402. The molecule has 36 heavy (non-hydrogen) atoms. The standard InChI is InChI=1S/C26H24ClFN2O4S2/c1-19-4-11-24(35-19)17-29(15-20-5-9-22(28)10-6-20)26(31)18-30(16-23-3-2-14-34-23)36(32,33)25-12-7-21(27)8-13-25/h2-14H,15-18H2,1H3. The van der Waals surface area contributed by atoms with Crippen molar-refractivity contribution < 1.29 is 22.0 Å². The Morgan fingerprint density at radius 3 is 2.31 bits per heavy atom. The molecule has 0 aliphatic rings. The van der Waals surface area contributed by atoms with E-state index in [2.05, 4.69) is 0 Å². The highest BCUT2D eigenvalue weighted by Crippen LogP contribution is 2.23. The number of aryl methyl sites for hydroxylation is 1. The first-order chi connectivity index (χ1) is 17.2. The zero-order valence-corrected chi connectivity index (χ0v) is 21.8. The molecule has 0 saturated carbocycles. The quantitative estimate of drug-likeness (QED) is 0.250. The lowest BCUT2D eigenvalue weighted by atomic mass is 10.2. The van der Waals surface area contributed by atoms with Crippen LogP contribution in [0.1, 0.15) is 21.1 Å². The van der Waals surface area contributed by atoms with Gasteiger partial charge < -0.3 is 9.32 Å². The van der Waals surface area contributed by atoms with Crippen LogP contribution in [0.5, 0.6) is 0 Å². The second-order valence-corrected chi connectivity index (χ2v) is 11.9. The maximum Gasteiger partial charge on any atom is 0.243 e. The first-order valence-corrected chi connectivity index (χ1v) is 13.7. The Morgan fingerprint density at radius 1 is 0.972 bits per heavy atom. The zero-order valence-electron chi connectivity index (χ0n) is 19.4. The van der Waals surface area contributed by atoms with Crippen molar-refractivity contribution in [2.24, 2.45) is 0 Å². The van der Waals surface area contributed by atoms with E-state index >= 15 is 0 Å². The highest BCUT2D eigenvalue weighted by Gasteiger charge is 2.30. The number of carbonyl (C=O) groups excluding carboxylic acids is 1. The minimum Gasteiger partial charge on any atom is -0.468 e. The fraction of sp³-hybridized carbons (Fsp3) is 0.192. The van der Waals surface area contributed by atoms with Crippen LogP contribution in [0.25, 0.3) is 0 Å². The number of hydrogen-bond acceptors (Lipinski definition) is 5. The van der Waals surface area contributed by atoms with Crippen molar-refractivity contribution in [1.82, 2.24) is 9.21 Å². The van der Waals surface area contributed by atoms with Crippen molar-refractivity contribution in [2.75, 3.05) is 6.54 Å². The van der Waals surface area contributed by atoms with Crippen LogP contribution in [0, 0.1) is 12.7 Å². The Balaban J connectivity index is 1.63. The fourth-order valence-corrected chi connectivity index (χ4v) is 6.00. The topological polar surface area (TPSA) is 70.8 Å². The van der Waals surface area contributed by atoms with Crippen LogP contribution in [0.4, 0.5) is 4.39 Å². The third kappa shape index (κ3) is 6.61. The number of rotatable bonds is 10. The molecule has 0 atom stereocenters. The monoisotopic (exact) mass is 546 g/mol. The maximum atomic E-state index is 13.6. The Bertz CT molecular complexity index is 1400. The van der Waals surface area contributed by atoms with Crippen LogP contribution in [0.2, 0.25) is 5.02 Å². The molecule has 1 amide bonds. The van der Waals surface area contributed by atoms with E-state index in [1.54, 1.807) is 40.5 Å². The molecule has 2 aromatic heterocycles. The number of nitrogens with zero attached hydrogens (tertiary/aromatic N) is 2. The molecule has 188 valence electrons. The third-order valence-electron chi connectivity index (χ3n) is 5.46. The van der Waals surface area contributed by atoms with Gasteiger partial charge in [0.05, 0.1) is 30.8 Å². The number of amides is 1. The summed E-state index contributed by atoms with van der Waals surface area (Å²) in [5.41, 5.74) is 0.733. The number of sulfonamides is 1. The minimum atomic E-state index is -4.05. The molecular weight excluding hydrogens is 523 g/mol. The predicted molar refractivity (Wildman–Crippen MR) is 137 cm³/mol. The van der Waals surface area contributed by atoms with Crippen LogP contribution in [-0.2, 0) is 34.5 Å². The van der Waals surface area contributed by atoms with Gasteiger partial charge in [0.25, 0.3) is 0 Å². The number of halogens is 2. The van der Waals surface area contributed by atoms with Gasteiger partial charge in [0.15, 0.2) is 0 Å². The highest BCUT2D eigenvalue weighted by molar-refractivity contribution is 7.89. The zero-order chi connectivity index (χ0) is 25.7. The van der Waals surface area contributed by atoms with E-state index in [0.29, 0.717) is 17.3 Å². The molecule has 0 N–H and O–H groups in total. The largest absolute Gasteiger partial charge is 0.468 e. The summed E-state index contributed by atoms with van der Waals surface area (Å²) in [7, 11) is -4.05. The van der Waals surface area contributed by atoms with Gasteiger partial charge in [-0.2, -0.15) is 4.31 Å². The molecule has 2 heterocycles. The lowest BCUT2D eigenvalue weighted by molar-refractivity contribution is -0.132. The third-order valence-corrected chi connectivity index (χ3v) is 8.50. The minimum absolute atomic E-state index is 0.0187. The number of furan rings is 1. The van der Waals surface area contributed by atoms with E-state index in [1.807, 2.05) is 19.1 Å². The fourth-order valence-electron chi connectivity index (χ4n) is 3.61. The first-order valence-electron chi connectivity index (χ1n) is 11.1. The van der Waals surface area contributed by atoms with Gasteiger partial charge in [-0.25, -0.2) is 12.8 Å². The molecule has 0 saturated heterocycles. The molecule has 0 radical (unpaired) electrons. The Kier molecular flexibility index (Phi) is 8.25. The SMILES string of the molecule is Cc1ccc(CN(Cc2ccc(F)cc2)C(=O)CN(Cc2ccco2)S(=O)(=O)c2ccc(Cl)cc2)s1. The van der Waals surface area contributed by atoms with Crippen molar-refractivity contribution in [3.8, 4) is 0 Å². The number of hydrogen-bond donors (Lipinski definition) is 0. The second kappa shape index (κ2) is 11.4. The van der Waals surface area contributed by atoms with Crippen LogP contribution >= 0.6 is 22.9 Å². The summed E-state index contributed by atoms with van der Waals surface area (Å²) in [4.78, 5) is 17.2. The molecule has 0 spiro atoms. The van der Waals surface area contributed by atoms with Crippen LogP contribution in [-0.4, -0.2) is 30.1 Å². The number of benzene rings is 2. The lowest BCUT2D eigenvalue weighted by Gasteiger charge is -2.27. The summed E-state index contributed by atoms with van der Waals surface area (Å²) in [6, 6.07) is 18.9. The number of carbonyl (C=O) groups is 1. The number of thiophene rings is 1. The van der Waals surface area contributed by atoms with Crippen LogP contribution < -0.4 is 0 Å². The maximum absolute atomic E-state index is 13.6. The van der Waals surface area contributed by atoms with Crippen LogP contribution in [0.15, 0.2) is 88.4 Å². The van der Waals surface area contributed by atoms with E-state index in [0.717, 1.165) is 19.6 Å². The van der Waals surface area contributed by atoms with Crippen molar-refractivity contribution >= 4 is 38.9 Å². The van der Waals surface area contributed by atoms with Gasteiger partial charge in [-0.1, -0.05) is 23.7 Å². The smallest absolute Gasteiger partial charge is 0.243 e. The Labute approximate surface area is 218 Å². The van der Waals surface area contributed by atoms with Gasteiger partial charge in [0, 0.05) is 21.3 Å². The summed E-state index contributed by atoms with van der Waals surface area (Å²) in [6.07, 6.45) is 1.45. The molecule has 2 aromatic carbocycles. The summed E-state index contributed by atoms with van der Waals surface area (Å²) < 4.78 is 46.9. The van der Waals surface area contributed by atoms with E-state index in [4.69, 9.17) is 16.0 Å². The van der Waals surface area contributed by atoms with Gasteiger partial charge >= 0.3 is 0 Å². The van der Waals surface area contributed by atoms with Crippen molar-refractivity contribution in [1.29, 1.82) is 0 Å². The van der Waals surface area contributed by atoms with Gasteiger partial charge in [-0.3, -0.25) is 4.79 Å². The van der Waals surface area contributed by atoms with E-state index in [-0.39, 0.29) is 23.8 Å². The summed E-state index contributed by atoms with van der Waals surface area (Å²) in [6.45, 7) is 1.95.